The lowest BCUT2D eigenvalue weighted by molar-refractivity contribution is -0.123. The topological polar surface area (TPSA) is 70.7 Å². The van der Waals surface area contributed by atoms with Gasteiger partial charge >= 0.3 is 0 Å². The van der Waals surface area contributed by atoms with Crippen LogP contribution in [0.1, 0.15) is 54.4 Å². The van der Waals surface area contributed by atoms with Gasteiger partial charge < -0.3 is 20.3 Å². The fraction of sp³-hybridized carbons (Fsp3) is 0.462. The van der Waals surface area contributed by atoms with Crippen LogP contribution >= 0.6 is 0 Å². The second-order valence-corrected chi connectivity index (χ2v) is 8.26. The van der Waals surface area contributed by atoms with E-state index in [-0.39, 0.29) is 23.8 Å². The van der Waals surface area contributed by atoms with Gasteiger partial charge in [0, 0.05) is 45.1 Å². The molecule has 1 aliphatic rings. The Bertz CT molecular complexity index is 864. The molecule has 1 heterocycles. The van der Waals surface area contributed by atoms with E-state index >= 15 is 0 Å². The van der Waals surface area contributed by atoms with Crippen LogP contribution in [0.25, 0.3) is 0 Å². The summed E-state index contributed by atoms with van der Waals surface area (Å²) in [6.45, 7) is 4.89. The Hall–Kier alpha value is -2.86. The van der Waals surface area contributed by atoms with Crippen molar-refractivity contribution >= 4 is 17.5 Å². The Kier molecular flexibility index (Phi) is 9.11. The lowest BCUT2D eigenvalue weighted by Crippen LogP contribution is -2.46. The third kappa shape index (κ3) is 6.33. The largest absolute Gasteiger partial charge is 0.385 e. The van der Waals surface area contributed by atoms with Crippen LogP contribution in [0.3, 0.4) is 0 Å². The van der Waals surface area contributed by atoms with Crippen molar-refractivity contribution in [3.8, 4) is 0 Å². The maximum Gasteiger partial charge on any atom is 0.253 e. The minimum absolute atomic E-state index is 0.0548. The molecule has 0 bridgehead atoms. The maximum atomic E-state index is 12.9. The van der Waals surface area contributed by atoms with Crippen molar-refractivity contribution in [3.05, 3.63) is 65.7 Å². The summed E-state index contributed by atoms with van der Waals surface area (Å²) in [6, 6.07) is 17.9. The van der Waals surface area contributed by atoms with Gasteiger partial charge in [-0.15, -0.1) is 0 Å². The first-order valence-electron chi connectivity index (χ1n) is 11.6. The molecule has 3 rings (SSSR count). The monoisotopic (exact) mass is 437 g/mol. The van der Waals surface area contributed by atoms with Gasteiger partial charge in [-0.05, 0) is 43.4 Å². The number of rotatable bonds is 10. The summed E-state index contributed by atoms with van der Waals surface area (Å²) in [5.74, 6) is -0.0643. The highest BCUT2D eigenvalue weighted by atomic mass is 16.5. The van der Waals surface area contributed by atoms with Gasteiger partial charge in [-0.1, -0.05) is 49.4 Å². The normalized spacial score (nSPS) is 15.2. The summed E-state index contributed by atoms with van der Waals surface area (Å²) in [5, 5.41) is 6.24. The number of anilines is 1. The van der Waals surface area contributed by atoms with Crippen LogP contribution in [0.2, 0.25) is 0 Å². The SMILES string of the molecule is CCC(C(=O)NC1CCN(c2ccccc2C(=O)NCCCOC)CC1)c1ccccc1. The first kappa shape index (κ1) is 23.8. The van der Waals surface area contributed by atoms with Crippen LogP contribution in [0.15, 0.2) is 54.6 Å². The molecule has 2 N–H and O–H groups in total. The Balaban J connectivity index is 1.55. The van der Waals surface area contributed by atoms with Crippen molar-refractivity contribution in [1.29, 1.82) is 0 Å². The molecule has 1 fully saturated rings. The number of carbonyl (C=O) groups is 2. The van der Waals surface area contributed by atoms with Gasteiger partial charge in [-0.2, -0.15) is 0 Å². The molecule has 2 aromatic carbocycles. The van der Waals surface area contributed by atoms with Crippen molar-refractivity contribution in [3.63, 3.8) is 0 Å². The molecule has 1 atom stereocenters. The Labute approximate surface area is 191 Å². The first-order valence-corrected chi connectivity index (χ1v) is 11.6. The highest BCUT2D eigenvalue weighted by Crippen LogP contribution is 2.25. The molecule has 0 spiro atoms. The molecule has 6 heteroatoms. The third-order valence-electron chi connectivity index (χ3n) is 6.07. The molecule has 1 unspecified atom stereocenters. The number of nitrogens with one attached hydrogen (secondary N) is 2. The lowest BCUT2D eigenvalue weighted by Gasteiger charge is -2.35. The van der Waals surface area contributed by atoms with Gasteiger partial charge in [0.2, 0.25) is 5.91 Å². The number of amides is 2. The first-order chi connectivity index (χ1) is 15.6. The van der Waals surface area contributed by atoms with Crippen LogP contribution in [0.4, 0.5) is 5.69 Å². The van der Waals surface area contributed by atoms with Crippen molar-refractivity contribution < 1.29 is 14.3 Å². The second kappa shape index (κ2) is 12.2. The van der Waals surface area contributed by atoms with Crippen LogP contribution < -0.4 is 15.5 Å². The van der Waals surface area contributed by atoms with Gasteiger partial charge in [0.1, 0.15) is 0 Å². The summed E-state index contributed by atoms with van der Waals surface area (Å²) >= 11 is 0. The standard InChI is InChI=1S/C26H35N3O3/c1-3-22(20-10-5-4-6-11-20)26(31)28-21-14-17-29(18-15-21)24-13-8-7-12-23(24)25(30)27-16-9-19-32-2/h4-8,10-13,21-22H,3,9,14-19H2,1-2H3,(H,27,30)(H,28,31). The Morgan fingerprint density at radius 3 is 2.44 bits per heavy atom. The zero-order valence-electron chi connectivity index (χ0n) is 19.2. The van der Waals surface area contributed by atoms with E-state index < -0.39 is 0 Å². The van der Waals surface area contributed by atoms with E-state index in [2.05, 4.69) is 22.5 Å². The Morgan fingerprint density at radius 2 is 1.75 bits per heavy atom. The van der Waals surface area contributed by atoms with Crippen LogP contribution in [-0.2, 0) is 9.53 Å². The summed E-state index contributed by atoms with van der Waals surface area (Å²) in [4.78, 5) is 27.8. The van der Waals surface area contributed by atoms with E-state index in [1.54, 1.807) is 7.11 Å². The molecule has 6 nitrogen and oxygen atoms in total. The molecular formula is C26H35N3O3. The summed E-state index contributed by atoms with van der Waals surface area (Å²) in [5.41, 5.74) is 2.72. The van der Waals surface area contributed by atoms with Crippen LogP contribution in [0, 0.1) is 0 Å². The van der Waals surface area contributed by atoms with E-state index in [0.717, 1.165) is 50.0 Å². The molecule has 0 saturated carbocycles. The zero-order valence-corrected chi connectivity index (χ0v) is 19.2. The maximum absolute atomic E-state index is 12.9. The van der Waals surface area contributed by atoms with E-state index in [1.165, 1.54) is 0 Å². The molecule has 0 aliphatic carbocycles. The molecule has 2 aromatic rings. The Morgan fingerprint density at radius 1 is 1.06 bits per heavy atom. The van der Waals surface area contributed by atoms with E-state index in [4.69, 9.17) is 4.74 Å². The fourth-order valence-corrected chi connectivity index (χ4v) is 4.28. The minimum atomic E-state index is -0.114. The van der Waals surface area contributed by atoms with Gasteiger partial charge in [-0.3, -0.25) is 9.59 Å². The third-order valence-corrected chi connectivity index (χ3v) is 6.07. The molecule has 1 aliphatic heterocycles. The van der Waals surface area contributed by atoms with Crippen molar-refractivity contribution in [2.24, 2.45) is 0 Å². The summed E-state index contributed by atoms with van der Waals surface area (Å²) in [6.07, 6.45) is 3.29. The van der Waals surface area contributed by atoms with Gasteiger partial charge in [-0.25, -0.2) is 0 Å². The van der Waals surface area contributed by atoms with Crippen LogP contribution in [0.5, 0.6) is 0 Å². The fourth-order valence-electron chi connectivity index (χ4n) is 4.28. The highest BCUT2D eigenvalue weighted by molar-refractivity contribution is 5.99. The predicted octanol–water partition coefficient (Wildman–Crippen LogP) is 3.73. The number of para-hydroxylation sites is 1. The quantitative estimate of drug-likeness (QED) is 0.556. The molecule has 1 saturated heterocycles. The number of piperidine rings is 1. The molecular weight excluding hydrogens is 402 g/mol. The molecule has 0 radical (unpaired) electrons. The van der Waals surface area contributed by atoms with Gasteiger partial charge in [0.25, 0.3) is 5.91 Å². The minimum Gasteiger partial charge on any atom is -0.385 e. The number of hydrogen-bond donors (Lipinski definition) is 2. The molecule has 172 valence electrons. The van der Waals surface area contributed by atoms with E-state index in [9.17, 15) is 9.59 Å². The van der Waals surface area contributed by atoms with Crippen molar-refractivity contribution in [2.45, 2.75) is 44.6 Å². The number of hydrogen-bond acceptors (Lipinski definition) is 4. The number of benzene rings is 2. The van der Waals surface area contributed by atoms with Crippen LogP contribution in [-0.4, -0.2) is 51.2 Å². The predicted molar refractivity (Wildman–Crippen MR) is 128 cm³/mol. The smallest absolute Gasteiger partial charge is 0.253 e. The molecule has 2 amide bonds. The number of nitrogens with zero attached hydrogens (tertiary/aromatic N) is 1. The van der Waals surface area contributed by atoms with E-state index in [0.29, 0.717) is 18.7 Å². The average Bonchev–Trinajstić information content (AvgIpc) is 2.83. The number of ether oxygens (including phenoxy) is 1. The lowest BCUT2D eigenvalue weighted by atomic mass is 9.94. The zero-order chi connectivity index (χ0) is 22.8. The second-order valence-electron chi connectivity index (χ2n) is 8.26. The van der Waals surface area contributed by atoms with Crippen molar-refractivity contribution in [1.82, 2.24) is 10.6 Å². The van der Waals surface area contributed by atoms with E-state index in [1.807, 2.05) is 54.6 Å². The summed E-state index contributed by atoms with van der Waals surface area (Å²) in [7, 11) is 1.66. The number of carbonyl (C=O) groups excluding carboxylic acids is 2. The van der Waals surface area contributed by atoms with Crippen molar-refractivity contribution in [2.75, 3.05) is 38.3 Å². The average molecular weight is 438 g/mol. The molecule has 0 aromatic heterocycles. The molecule has 32 heavy (non-hydrogen) atoms. The van der Waals surface area contributed by atoms with Gasteiger partial charge in [0.15, 0.2) is 0 Å². The number of methoxy groups -OCH3 is 1. The summed E-state index contributed by atoms with van der Waals surface area (Å²) < 4.78 is 5.04. The highest BCUT2D eigenvalue weighted by Gasteiger charge is 2.26. The van der Waals surface area contributed by atoms with Gasteiger partial charge in [0.05, 0.1) is 11.5 Å².